The second-order valence-corrected chi connectivity index (χ2v) is 12.1. The minimum absolute atomic E-state index is 0.0930. The molecule has 2 unspecified atom stereocenters. The van der Waals surface area contributed by atoms with E-state index in [0.29, 0.717) is 33.9 Å². The fraction of sp³-hybridized carbons (Fsp3) is 0.548. The first-order chi connectivity index (χ1) is 19.1. The van der Waals surface area contributed by atoms with Crippen molar-refractivity contribution in [2.75, 3.05) is 18.0 Å². The summed E-state index contributed by atoms with van der Waals surface area (Å²) in [6, 6.07) is 8.10. The Labute approximate surface area is 236 Å². The Morgan fingerprint density at radius 2 is 1.75 bits per heavy atom. The number of carbonyl (C=O) groups excluding carboxylic acids is 3. The summed E-state index contributed by atoms with van der Waals surface area (Å²) < 4.78 is 0. The van der Waals surface area contributed by atoms with Gasteiger partial charge in [-0.15, -0.1) is 0 Å². The van der Waals surface area contributed by atoms with Crippen molar-refractivity contribution in [1.29, 1.82) is 0 Å². The molecule has 0 saturated carbocycles. The minimum Gasteiger partial charge on any atom is -0.366 e. The van der Waals surface area contributed by atoms with Crippen molar-refractivity contribution >= 4 is 23.5 Å². The standard InChI is InChI=1S/C31H42N6O3/c1-19(2)36-14-6-7-23(18-36)34-29(39)22-9-10-27(33-17-22)37-24-8-5-12-31(37,13-11-24)35-30(40)26-16-20(3)25(28(32)38)15-21(26)4/h9-10,15-17,19,23-24H,5-8,11-14,18H2,1-4H3,(H2,32,38)(H,34,39)(H,35,40)/t23-,24?,31?/m0/s1. The number of aryl methyl sites for hydroxylation is 2. The number of nitrogens with one attached hydrogen (secondary N) is 2. The monoisotopic (exact) mass is 546 g/mol. The summed E-state index contributed by atoms with van der Waals surface area (Å²) in [7, 11) is 0. The Hall–Kier alpha value is -3.46. The third-order valence-corrected chi connectivity index (χ3v) is 9.05. The van der Waals surface area contributed by atoms with Gasteiger partial charge < -0.3 is 21.3 Å². The SMILES string of the molecule is Cc1cc(C(=O)NC23CCCC(CC2)N3c2ccc(C(=O)N[C@H]3CCCN(C(C)C)C3)cn2)c(C)cc1C(N)=O. The molecule has 3 amide bonds. The number of aromatic nitrogens is 1. The zero-order valence-corrected chi connectivity index (χ0v) is 24.1. The summed E-state index contributed by atoms with van der Waals surface area (Å²) in [6.45, 7) is 9.95. The number of nitrogens with zero attached hydrogens (tertiary/aromatic N) is 3. The van der Waals surface area contributed by atoms with Gasteiger partial charge in [0.2, 0.25) is 5.91 Å². The summed E-state index contributed by atoms with van der Waals surface area (Å²) >= 11 is 0. The van der Waals surface area contributed by atoms with Crippen LogP contribution in [0, 0.1) is 13.8 Å². The van der Waals surface area contributed by atoms with E-state index in [1.807, 2.05) is 19.1 Å². The van der Waals surface area contributed by atoms with Crippen LogP contribution in [0.5, 0.6) is 0 Å². The predicted octanol–water partition coefficient (Wildman–Crippen LogP) is 3.68. The van der Waals surface area contributed by atoms with E-state index in [-0.39, 0.29) is 23.9 Å². The molecule has 40 heavy (non-hydrogen) atoms. The first kappa shape index (κ1) is 28.1. The van der Waals surface area contributed by atoms with Gasteiger partial charge in [0.25, 0.3) is 11.8 Å². The van der Waals surface area contributed by atoms with Crippen LogP contribution in [0.15, 0.2) is 30.5 Å². The molecule has 0 aliphatic carbocycles. The zero-order valence-electron chi connectivity index (χ0n) is 24.1. The van der Waals surface area contributed by atoms with E-state index >= 15 is 0 Å². The molecule has 0 spiro atoms. The lowest BCUT2D eigenvalue weighted by atomic mass is 9.94. The van der Waals surface area contributed by atoms with Crippen molar-refractivity contribution in [2.45, 2.75) is 96.4 Å². The van der Waals surface area contributed by atoms with Crippen molar-refractivity contribution in [3.63, 3.8) is 0 Å². The first-order valence-corrected chi connectivity index (χ1v) is 14.6. The second-order valence-electron chi connectivity index (χ2n) is 12.1. The summed E-state index contributed by atoms with van der Waals surface area (Å²) in [5.41, 5.74) is 7.89. The Balaban J connectivity index is 1.32. The van der Waals surface area contributed by atoms with Gasteiger partial charge in [0.15, 0.2) is 0 Å². The summed E-state index contributed by atoms with van der Waals surface area (Å²) in [5.74, 6) is 0.0232. The Morgan fingerprint density at radius 1 is 1.00 bits per heavy atom. The molecule has 4 heterocycles. The molecule has 3 fully saturated rings. The molecule has 9 heteroatoms. The smallest absolute Gasteiger partial charge is 0.253 e. The molecule has 3 saturated heterocycles. The fourth-order valence-corrected chi connectivity index (χ4v) is 6.87. The quantitative estimate of drug-likeness (QED) is 0.487. The first-order valence-electron chi connectivity index (χ1n) is 14.6. The van der Waals surface area contributed by atoms with E-state index in [2.05, 4.69) is 34.3 Å². The van der Waals surface area contributed by atoms with Gasteiger partial charge >= 0.3 is 0 Å². The molecule has 9 nitrogen and oxygen atoms in total. The summed E-state index contributed by atoms with van der Waals surface area (Å²) in [5, 5.41) is 6.56. The minimum atomic E-state index is -0.540. The molecule has 214 valence electrons. The normalized spacial score (nSPS) is 24.7. The molecule has 3 aliphatic heterocycles. The van der Waals surface area contributed by atoms with Gasteiger partial charge in [-0.25, -0.2) is 4.98 Å². The average Bonchev–Trinajstić information content (AvgIpc) is 3.13. The number of pyridine rings is 1. The zero-order chi connectivity index (χ0) is 28.6. The molecule has 1 aromatic carbocycles. The number of piperidine rings is 2. The molecular formula is C31H42N6O3. The number of carbonyl (C=O) groups is 3. The summed E-state index contributed by atoms with van der Waals surface area (Å²) in [4.78, 5) is 47.8. The third-order valence-electron chi connectivity index (χ3n) is 9.05. The number of fused-ring (bicyclic) bond motifs is 2. The van der Waals surface area contributed by atoms with Gasteiger partial charge in [-0.05, 0) is 115 Å². The van der Waals surface area contributed by atoms with Crippen molar-refractivity contribution in [3.05, 3.63) is 58.3 Å². The molecule has 3 aliphatic rings. The molecule has 4 N–H and O–H groups in total. The van der Waals surface area contributed by atoms with Crippen LogP contribution in [0.4, 0.5) is 5.82 Å². The lowest BCUT2D eigenvalue weighted by Gasteiger charge is -2.46. The van der Waals surface area contributed by atoms with Crippen molar-refractivity contribution in [2.24, 2.45) is 5.73 Å². The van der Waals surface area contributed by atoms with E-state index in [1.165, 1.54) is 0 Å². The maximum absolute atomic E-state index is 13.6. The highest BCUT2D eigenvalue weighted by Crippen LogP contribution is 2.45. The molecule has 2 aromatic rings. The lowest BCUT2D eigenvalue weighted by Crippen LogP contribution is -2.61. The van der Waals surface area contributed by atoms with Crippen molar-refractivity contribution < 1.29 is 14.4 Å². The Morgan fingerprint density at radius 3 is 2.45 bits per heavy atom. The number of hydrogen-bond donors (Lipinski definition) is 3. The third kappa shape index (κ3) is 5.44. The molecule has 0 radical (unpaired) electrons. The molecule has 5 rings (SSSR count). The molecule has 3 atom stereocenters. The van der Waals surface area contributed by atoms with E-state index in [9.17, 15) is 14.4 Å². The highest BCUT2D eigenvalue weighted by Gasteiger charge is 2.50. The van der Waals surface area contributed by atoms with Gasteiger partial charge in [0, 0.05) is 42.0 Å². The number of amides is 3. The van der Waals surface area contributed by atoms with Crippen molar-refractivity contribution in [1.82, 2.24) is 20.5 Å². The van der Waals surface area contributed by atoms with Crippen LogP contribution < -0.4 is 21.3 Å². The maximum atomic E-state index is 13.6. The molecule has 1 aromatic heterocycles. The summed E-state index contributed by atoms with van der Waals surface area (Å²) in [6.07, 6.45) is 8.42. The fourth-order valence-electron chi connectivity index (χ4n) is 6.87. The van der Waals surface area contributed by atoms with Crippen LogP contribution in [-0.4, -0.2) is 64.5 Å². The van der Waals surface area contributed by atoms with Gasteiger partial charge in [0.05, 0.1) is 5.56 Å². The largest absolute Gasteiger partial charge is 0.366 e. The van der Waals surface area contributed by atoms with Gasteiger partial charge in [-0.2, -0.15) is 0 Å². The van der Waals surface area contributed by atoms with E-state index in [4.69, 9.17) is 10.7 Å². The van der Waals surface area contributed by atoms with Crippen LogP contribution in [-0.2, 0) is 0 Å². The van der Waals surface area contributed by atoms with Crippen LogP contribution >= 0.6 is 0 Å². The van der Waals surface area contributed by atoms with Gasteiger partial charge in [0.1, 0.15) is 11.5 Å². The maximum Gasteiger partial charge on any atom is 0.253 e. The van der Waals surface area contributed by atoms with E-state index in [1.54, 1.807) is 25.3 Å². The second kappa shape index (κ2) is 11.2. The number of hydrogen-bond acceptors (Lipinski definition) is 6. The van der Waals surface area contributed by atoms with Crippen LogP contribution in [0.1, 0.15) is 101 Å². The van der Waals surface area contributed by atoms with Crippen LogP contribution in [0.3, 0.4) is 0 Å². The lowest BCUT2D eigenvalue weighted by molar-refractivity contribution is 0.0879. The highest BCUT2D eigenvalue weighted by molar-refractivity contribution is 6.00. The Kier molecular flexibility index (Phi) is 7.86. The number of nitrogens with two attached hydrogens (primary N) is 1. The van der Waals surface area contributed by atoms with E-state index in [0.717, 1.165) is 63.9 Å². The number of likely N-dealkylation sites (tertiary alicyclic amines) is 1. The van der Waals surface area contributed by atoms with E-state index < -0.39 is 11.6 Å². The molecule has 2 bridgehead atoms. The molecular weight excluding hydrogens is 504 g/mol. The van der Waals surface area contributed by atoms with Crippen LogP contribution in [0.2, 0.25) is 0 Å². The topological polar surface area (TPSA) is 121 Å². The van der Waals surface area contributed by atoms with Crippen molar-refractivity contribution in [3.8, 4) is 0 Å². The number of rotatable bonds is 7. The average molecular weight is 547 g/mol. The number of anilines is 1. The van der Waals surface area contributed by atoms with Gasteiger partial charge in [-0.1, -0.05) is 0 Å². The van der Waals surface area contributed by atoms with Crippen LogP contribution in [0.25, 0.3) is 0 Å². The highest BCUT2D eigenvalue weighted by atomic mass is 16.2. The predicted molar refractivity (Wildman–Crippen MR) is 155 cm³/mol. The number of benzene rings is 1. The number of primary amides is 1. The van der Waals surface area contributed by atoms with Gasteiger partial charge in [-0.3, -0.25) is 19.3 Å². The Bertz CT molecular complexity index is 1290.